The van der Waals surface area contributed by atoms with Gasteiger partial charge in [-0.2, -0.15) is 5.26 Å². The molecule has 3 heterocycles. The monoisotopic (exact) mass is 367 g/mol. The first kappa shape index (κ1) is 16.9. The third-order valence-corrected chi connectivity index (χ3v) is 4.36. The zero-order chi connectivity index (χ0) is 18.6. The fourth-order valence-electron chi connectivity index (χ4n) is 3.00. The molecule has 0 unspecified atom stereocenters. The molecule has 1 fully saturated rings. The zero-order valence-corrected chi connectivity index (χ0v) is 14.4. The van der Waals surface area contributed by atoms with E-state index in [4.69, 9.17) is 19.5 Å². The SMILES string of the molecule is N#Cc1nccnc1O[C@@H]1CCN(C(=O)NCc2ccc3c(c2)OCO3)C1. The molecular formula is C18H17N5O4. The summed E-state index contributed by atoms with van der Waals surface area (Å²) in [6.45, 7) is 1.61. The Morgan fingerprint density at radius 3 is 3.07 bits per heavy atom. The van der Waals surface area contributed by atoms with E-state index in [2.05, 4.69) is 15.3 Å². The number of ether oxygens (including phenoxy) is 3. The summed E-state index contributed by atoms with van der Waals surface area (Å²) < 4.78 is 16.4. The van der Waals surface area contributed by atoms with Gasteiger partial charge in [-0.05, 0) is 17.7 Å². The predicted octanol–water partition coefficient (Wildman–Crippen LogP) is 1.44. The Hall–Kier alpha value is -3.54. The number of rotatable bonds is 4. The molecule has 1 saturated heterocycles. The van der Waals surface area contributed by atoms with E-state index in [9.17, 15) is 4.79 Å². The second-order valence-corrected chi connectivity index (χ2v) is 6.14. The first-order chi connectivity index (χ1) is 13.2. The summed E-state index contributed by atoms with van der Waals surface area (Å²) in [6.07, 6.45) is 3.36. The molecule has 0 saturated carbocycles. The van der Waals surface area contributed by atoms with Gasteiger partial charge in [0, 0.05) is 31.9 Å². The number of aromatic nitrogens is 2. The van der Waals surface area contributed by atoms with Crippen molar-refractivity contribution in [3.8, 4) is 23.4 Å². The largest absolute Gasteiger partial charge is 0.470 e. The van der Waals surface area contributed by atoms with Gasteiger partial charge in [0.1, 0.15) is 12.2 Å². The van der Waals surface area contributed by atoms with Crippen LogP contribution in [0.4, 0.5) is 4.79 Å². The summed E-state index contributed by atoms with van der Waals surface area (Å²) in [7, 11) is 0. The Kier molecular flexibility index (Phi) is 4.61. The van der Waals surface area contributed by atoms with Gasteiger partial charge in [-0.1, -0.05) is 6.07 Å². The Balaban J connectivity index is 1.30. The number of likely N-dealkylation sites (tertiary alicyclic amines) is 1. The van der Waals surface area contributed by atoms with Crippen molar-refractivity contribution in [3.63, 3.8) is 0 Å². The lowest BCUT2D eigenvalue weighted by Crippen LogP contribution is -2.39. The van der Waals surface area contributed by atoms with Crippen molar-refractivity contribution in [2.45, 2.75) is 19.1 Å². The highest BCUT2D eigenvalue weighted by molar-refractivity contribution is 5.74. The van der Waals surface area contributed by atoms with Crippen LogP contribution >= 0.6 is 0 Å². The van der Waals surface area contributed by atoms with E-state index >= 15 is 0 Å². The molecule has 9 heteroatoms. The standard InChI is InChI=1S/C18H17N5O4/c19-8-14-17(21-5-4-20-14)27-13-3-6-23(10-13)18(24)22-9-12-1-2-15-16(7-12)26-11-25-15/h1-2,4-5,7,13H,3,6,9-11H2,(H,22,24)/t13-/m1/s1. The molecule has 1 aromatic heterocycles. The topological polar surface area (TPSA) is 110 Å². The van der Waals surface area contributed by atoms with Crippen LogP contribution in [-0.4, -0.2) is 46.9 Å². The van der Waals surface area contributed by atoms with Gasteiger partial charge in [0.15, 0.2) is 11.5 Å². The van der Waals surface area contributed by atoms with Crippen LogP contribution in [0.15, 0.2) is 30.6 Å². The fraction of sp³-hybridized carbons (Fsp3) is 0.333. The molecule has 4 rings (SSSR count). The highest BCUT2D eigenvalue weighted by atomic mass is 16.7. The molecule has 1 N–H and O–H groups in total. The van der Waals surface area contributed by atoms with Crippen LogP contribution in [0, 0.1) is 11.3 Å². The summed E-state index contributed by atoms with van der Waals surface area (Å²) in [4.78, 5) is 22.0. The fourth-order valence-corrected chi connectivity index (χ4v) is 3.00. The van der Waals surface area contributed by atoms with Crippen LogP contribution < -0.4 is 19.5 Å². The molecule has 0 radical (unpaired) electrons. The minimum absolute atomic E-state index is 0.142. The van der Waals surface area contributed by atoms with Crippen LogP contribution in [-0.2, 0) is 6.54 Å². The van der Waals surface area contributed by atoms with Crippen molar-refractivity contribution < 1.29 is 19.0 Å². The number of amides is 2. The normalized spacial score (nSPS) is 17.4. The minimum atomic E-state index is -0.218. The number of nitrogens with zero attached hydrogens (tertiary/aromatic N) is 4. The van der Waals surface area contributed by atoms with Crippen molar-refractivity contribution in [2.75, 3.05) is 19.9 Å². The Labute approximate surface area is 155 Å². The van der Waals surface area contributed by atoms with Gasteiger partial charge in [0.05, 0.1) is 6.54 Å². The van der Waals surface area contributed by atoms with Crippen molar-refractivity contribution in [1.82, 2.24) is 20.2 Å². The van der Waals surface area contributed by atoms with E-state index in [-0.39, 0.29) is 30.5 Å². The van der Waals surface area contributed by atoms with Crippen LogP contribution in [0.2, 0.25) is 0 Å². The highest BCUT2D eigenvalue weighted by Gasteiger charge is 2.28. The van der Waals surface area contributed by atoms with E-state index in [0.29, 0.717) is 37.6 Å². The number of hydrogen-bond acceptors (Lipinski definition) is 7. The van der Waals surface area contributed by atoms with Gasteiger partial charge in [-0.3, -0.25) is 0 Å². The molecule has 27 heavy (non-hydrogen) atoms. The summed E-state index contributed by atoms with van der Waals surface area (Å²) >= 11 is 0. The molecular weight excluding hydrogens is 350 g/mol. The summed E-state index contributed by atoms with van der Waals surface area (Å²) in [5.41, 5.74) is 1.07. The molecule has 2 aromatic rings. The van der Waals surface area contributed by atoms with Crippen LogP contribution in [0.25, 0.3) is 0 Å². The quantitative estimate of drug-likeness (QED) is 0.871. The average Bonchev–Trinajstić information content (AvgIpc) is 3.35. The number of nitriles is 1. The van der Waals surface area contributed by atoms with E-state index in [1.165, 1.54) is 12.4 Å². The van der Waals surface area contributed by atoms with Gasteiger partial charge in [-0.25, -0.2) is 14.8 Å². The van der Waals surface area contributed by atoms with Gasteiger partial charge in [-0.15, -0.1) is 0 Å². The lowest BCUT2D eigenvalue weighted by Gasteiger charge is -2.18. The van der Waals surface area contributed by atoms with E-state index in [0.717, 1.165) is 5.56 Å². The van der Waals surface area contributed by atoms with E-state index in [1.807, 2.05) is 24.3 Å². The Morgan fingerprint density at radius 1 is 1.33 bits per heavy atom. The van der Waals surface area contributed by atoms with Crippen molar-refractivity contribution in [1.29, 1.82) is 5.26 Å². The lowest BCUT2D eigenvalue weighted by molar-refractivity contribution is 0.174. The minimum Gasteiger partial charge on any atom is -0.470 e. The molecule has 2 amide bonds. The maximum Gasteiger partial charge on any atom is 0.317 e. The van der Waals surface area contributed by atoms with Crippen LogP contribution in [0.3, 0.4) is 0 Å². The van der Waals surface area contributed by atoms with Gasteiger partial charge in [0.2, 0.25) is 12.5 Å². The number of urea groups is 1. The molecule has 1 atom stereocenters. The second-order valence-electron chi connectivity index (χ2n) is 6.14. The molecule has 138 valence electrons. The molecule has 0 spiro atoms. The molecule has 0 bridgehead atoms. The maximum atomic E-state index is 12.4. The molecule has 9 nitrogen and oxygen atoms in total. The van der Waals surface area contributed by atoms with Crippen molar-refractivity contribution in [2.24, 2.45) is 0 Å². The first-order valence-corrected chi connectivity index (χ1v) is 8.52. The van der Waals surface area contributed by atoms with Crippen molar-refractivity contribution >= 4 is 6.03 Å². The van der Waals surface area contributed by atoms with Gasteiger partial charge < -0.3 is 24.4 Å². The summed E-state index contributed by atoms with van der Waals surface area (Å²) in [6, 6.07) is 7.36. The summed E-state index contributed by atoms with van der Waals surface area (Å²) in [5, 5.41) is 11.9. The van der Waals surface area contributed by atoms with E-state index < -0.39 is 0 Å². The average molecular weight is 367 g/mol. The van der Waals surface area contributed by atoms with Gasteiger partial charge in [0.25, 0.3) is 5.88 Å². The Bertz CT molecular complexity index is 898. The van der Waals surface area contributed by atoms with Crippen LogP contribution in [0.1, 0.15) is 17.7 Å². The number of nitrogens with one attached hydrogen (secondary N) is 1. The highest BCUT2D eigenvalue weighted by Crippen LogP contribution is 2.32. The number of carbonyl (C=O) groups excluding carboxylic acids is 1. The molecule has 2 aliphatic rings. The Morgan fingerprint density at radius 2 is 2.19 bits per heavy atom. The maximum absolute atomic E-state index is 12.4. The molecule has 2 aliphatic heterocycles. The number of hydrogen-bond donors (Lipinski definition) is 1. The van der Waals surface area contributed by atoms with Crippen molar-refractivity contribution in [3.05, 3.63) is 41.9 Å². The van der Waals surface area contributed by atoms with Crippen LogP contribution in [0.5, 0.6) is 17.4 Å². The third-order valence-electron chi connectivity index (χ3n) is 4.36. The number of fused-ring (bicyclic) bond motifs is 1. The number of carbonyl (C=O) groups is 1. The lowest BCUT2D eigenvalue weighted by atomic mass is 10.2. The second kappa shape index (κ2) is 7.37. The molecule has 1 aromatic carbocycles. The smallest absolute Gasteiger partial charge is 0.317 e. The number of benzene rings is 1. The predicted molar refractivity (Wildman–Crippen MR) is 92.2 cm³/mol. The van der Waals surface area contributed by atoms with Gasteiger partial charge >= 0.3 is 6.03 Å². The third kappa shape index (κ3) is 3.69. The summed E-state index contributed by atoms with van der Waals surface area (Å²) in [5.74, 6) is 1.60. The van der Waals surface area contributed by atoms with E-state index in [1.54, 1.807) is 4.90 Å². The molecule has 0 aliphatic carbocycles. The first-order valence-electron chi connectivity index (χ1n) is 8.52. The zero-order valence-electron chi connectivity index (χ0n) is 14.4.